The van der Waals surface area contributed by atoms with E-state index in [0.717, 1.165) is 28.8 Å². The van der Waals surface area contributed by atoms with Gasteiger partial charge in [0.25, 0.3) is 0 Å². The summed E-state index contributed by atoms with van der Waals surface area (Å²) in [7, 11) is 0. The van der Waals surface area contributed by atoms with Crippen molar-refractivity contribution in [2.45, 2.75) is 46.1 Å². The molecule has 2 N–H and O–H groups in total. The van der Waals surface area contributed by atoms with Crippen LogP contribution in [0.1, 0.15) is 39.2 Å². The summed E-state index contributed by atoms with van der Waals surface area (Å²) in [6.07, 6.45) is 3.12. The van der Waals surface area contributed by atoms with Gasteiger partial charge in [0, 0.05) is 15.5 Å². The SMILES string of the molecule is CC(C)(C)C(N)CCCc1ccc(Br)cc1Cl. The number of benzene rings is 1. The Balaban J connectivity index is 2.46. The van der Waals surface area contributed by atoms with E-state index in [1.807, 2.05) is 12.1 Å². The van der Waals surface area contributed by atoms with Gasteiger partial charge in [-0.05, 0) is 42.4 Å². The van der Waals surface area contributed by atoms with Gasteiger partial charge in [-0.2, -0.15) is 0 Å². The molecule has 0 spiro atoms. The smallest absolute Gasteiger partial charge is 0.0449 e. The van der Waals surface area contributed by atoms with Crippen molar-refractivity contribution < 1.29 is 0 Å². The second-order valence-corrected chi connectivity index (χ2v) is 6.92. The molecule has 0 amide bonds. The molecule has 0 fully saturated rings. The average molecular weight is 319 g/mol. The molecule has 1 atom stereocenters. The fraction of sp³-hybridized carbons (Fsp3) is 0.571. The third kappa shape index (κ3) is 4.99. The molecule has 0 radical (unpaired) electrons. The predicted octanol–water partition coefficient (Wildman–Crippen LogP) is 4.80. The predicted molar refractivity (Wildman–Crippen MR) is 79.5 cm³/mol. The molecule has 17 heavy (non-hydrogen) atoms. The molecular weight excluding hydrogens is 298 g/mol. The maximum Gasteiger partial charge on any atom is 0.0449 e. The molecule has 1 rings (SSSR count). The summed E-state index contributed by atoms with van der Waals surface area (Å²) >= 11 is 9.58. The van der Waals surface area contributed by atoms with Crippen LogP contribution in [0.3, 0.4) is 0 Å². The van der Waals surface area contributed by atoms with Gasteiger partial charge < -0.3 is 5.73 Å². The maximum absolute atomic E-state index is 6.17. The van der Waals surface area contributed by atoms with E-state index < -0.39 is 0 Å². The van der Waals surface area contributed by atoms with Gasteiger partial charge >= 0.3 is 0 Å². The van der Waals surface area contributed by atoms with Gasteiger partial charge in [0.2, 0.25) is 0 Å². The lowest BCUT2D eigenvalue weighted by Crippen LogP contribution is -2.34. The number of nitrogens with two attached hydrogens (primary N) is 1. The van der Waals surface area contributed by atoms with E-state index in [1.165, 1.54) is 5.56 Å². The van der Waals surface area contributed by atoms with Crippen LogP contribution in [0.2, 0.25) is 5.02 Å². The summed E-state index contributed by atoms with van der Waals surface area (Å²) in [6, 6.07) is 6.30. The lowest BCUT2D eigenvalue weighted by molar-refractivity contribution is 0.301. The van der Waals surface area contributed by atoms with Crippen molar-refractivity contribution in [2.24, 2.45) is 11.1 Å². The Morgan fingerprint density at radius 2 is 2.00 bits per heavy atom. The molecule has 0 aliphatic heterocycles. The van der Waals surface area contributed by atoms with E-state index in [4.69, 9.17) is 17.3 Å². The molecular formula is C14H21BrClN. The topological polar surface area (TPSA) is 26.0 Å². The molecule has 1 unspecified atom stereocenters. The minimum atomic E-state index is 0.184. The first-order chi connectivity index (χ1) is 7.80. The number of halogens is 2. The molecule has 0 heterocycles. The zero-order valence-corrected chi connectivity index (χ0v) is 13.1. The van der Waals surface area contributed by atoms with Crippen molar-refractivity contribution in [3.8, 4) is 0 Å². The molecule has 0 aliphatic rings. The van der Waals surface area contributed by atoms with Crippen molar-refractivity contribution >= 4 is 27.5 Å². The zero-order valence-electron chi connectivity index (χ0n) is 10.8. The second kappa shape index (κ2) is 6.21. The van der Waals surface area contributed by atoms with Gasteiger partial charge in [-0.25, -0.2) is 0 Å². The van der Waals surface area contributed by atoms with Crippen LogP contribution < -0.4 is 5.73 Å². The van der Waals surface area contributed by atoms with E-state index in [-0.39, 0.29) is 11.5 Å². The molecule has 0 aromatic heterocycles. The molecule has 0 saturated carbocycles. The number of rotatable bonds is 4. The van der Waals surface area contributed by atoms with Crippen LogP contribution in [0.25, 0.3) is 0 Å². The summed E-state index contributed by atoms with van der Waals surface area (Å²) in [5.74, 6) is 0. The number of hydrogen-bond acceptors (Lipinski definition) is 1. The summed E-state index contributed by atoms with van der Waals surface area (Å²) < 4.78 is 1.03. The molecule has 0 bridgehead atoms. The lowest BCUT2D eigenvalue weighted by atomic mass is 9.84. The van der Waals surface area contributed by atoms with Crippen LogP contribution in [0, 0.1) is 5.41 Å². The molecule has 1 aromatic carbocycles. The van der Waals surface area contributed by atoms with Crippen molar-refractivity contribution in [3.05, 3.63) is 33.3 Å². The third-order valence-electron chi connectivity index (χ3n) is 3.09. The largest absolute Gasteiger partial charge is 0.327 e. The molecule has 96 valence electrons. The van der Waals surface area contributed by atoms with Gasteiger partial charge in [0.15, 0.2) is 0 Å². The van der Waals surface area contributed by atoms with E-state index in [9.17, 15) is 0 Å². The van der Waals surface area contributed by atoms with Crippen molar-refractivity contribution in [2.75, 3.05) is 0 Å². The Labute approximate surface area is 118 Å². The summed E-state index contributed by atoms with van der Waals surface area (Å²) in [6.45, 7) is 6.55. The Hall–Kier alpha value is -0.0500. The Kier molecular flexibility index (Phi) is 5.49. The van der Waals surface area contributed by atoms with Crippen molar-refractivity contribution in [1.82, 2.24) is 0 Å². The second-order valence-electron chi connectivity index (χ2n) is 5.60. The molecule has 0 aliphatic carbocycles. The monoisotopic (exact) mass is 317 g/mol. The van der Waals surface area contributed by atoms with Gasteiger partial charge in [-0.1, -0.05) is 54.4 Å². The molecule has 0 saturated heterocycles. The third-order valence-corrected chi connectivity index (χ3v) is 3.93. The highest BCUT2D eigenvalue weighted by Gasteiger charge is 2.19. The molecule has 1 aromatic rings. The zero-order chi connectivity index (χ0) is 13.1. The van der Waals surface area contributed by atoms with Crippen LogP contribution in [0.5, 0.6) is 0 Å². The first kappa shape index (κ1) is 15.0. The Bertz CT molecular complexity index is 371. The minimum Gasteiger partial charge on any atom is -0.327 e. The van der Waals surface area contributed by atoms with Crippen LogP contribution >= 0.6 is 27.5 Å². The normalized spacial score (nSPS) is 13.8. The van der Waals surface area contributed by atoms with Crippen LogP contribution in [0.15, 0.2) is 22.7 Å². The Morgan fingerprint density at radius 3 is 2.53 bits per heavy atom. The summed E-state index contributed by atoms with van der Waals surface area (Å²) in [5, 5.41) is 0.837. The minimum absolute atomic E-state index is 0.184. The quantitative estimate of drug-likeness (QED) is 0.848. The van der Waals surface area contributed by atoms with Crippen LogP contribution in [0.4, 0.5) is 0 Å². The van der Waals surface area contributed by atoms with E-state index in [0.29, 0.717) is 0 Å². The first-order valence-electron chi connectivity index (χ1n) is 6.00. The van der Waals surface area contributed by atoms with E-state index >= 15 is 0 Å². The molecule has 1 nitrogen and oxygen atoms in total. The number of hydrogen-bond donors (Lipinski definition) is 1. The first-order valence-corrected chi connectivity index (χ1v) is 7.17. The standard InChI is InChI=1S/C14H21BrClN/c1-14(2,3)13(17)6-4-5-10-7-8-11(15)9-12(10)16/h7-9,13H,4-6,17H2,1-3H3. The molecule has 3 heteroatoms. The van der Waals surface area contributed by atoms with Crippen LogP contribution in [-0.2, 0) is 6.42 Å². The highest BCUT2D eigenvalue weighted by Crippen LogP contribution is 2.25. The van der Waals surface area contributed by atoms with E-state index in [2.05, 4.69) is 42.8 Å². The summed E-state index contributed by atoms with van der Waals surface area (Å²) in [5.41, 5.74) is 7.53. The average Bonchev–Trinajstić information content (AvgIpc) is 2.19. The van der Waals surface area contributed by atoms with Crippen molar-refractivity contribution in [1.29, 1.82) is 0 Å². The summed E-state index contributed by atoms with van der Waals surface area (Å²) in [4.78, 5) is 0. The van der Waals surface area contributed by atoms with Crippen molar-refractivity contribution in [3.63, 3.8) is 0 Å². The van der Waals surface area contributed by atoms with Gasteiger partial charge in [0.1, 0.15) is 0 Å². The lowest BCUT2D eigenvalue weighted by Gasteiger charge is -2.27. The Morgan fingerprint density at radius 1 is 1.35 bits per heavy atom. The fourth-order valence-corrected chi connectivity index (χ4v) is 2.44. The highest BCUT2D eigenvalue weighted by molar-refractivity contribution is 9.10. The van der Waals surface area contributed by atoms with Gasteiger partial charge in [0.05, 0.1) is 0 Å². The van der Waals surface area contributed by atoms with Gasteiger partial charge in [-0.15, -0.1) is 0 Å². The van der Waals surface area contributed by atoms with Crippen LogP contribution in [-0.4, -0.2) is 6.04 Å². The van der Waals surface area contributed by atoms with Gasteiger partial charge in [-0.3, -0.25) is 0 Å². The maximum atomic E-state index is 6.17. The number of aryl methyl sites for hydroxylation is 1. The highest BCUT2D eigenvalue weighted by atomic mass is 79.9. The van der Waals surface area contributed by atoms with E-state index in [1.54, 1.807) is 0 Å². The fourth-order valence-electron chi connectivity index (χ4n) is 1.67.